The van der Waals surface area contributed by atoms with Crippen LogP contribution in [0.2, 0.25) is 0 Å². The van der Waals surface area contributed by atoms with Gasteiger partial charge in [0.2, 0.25) is 5.91 Å². The first kappa shape index (κ1) is 24.1. The van der Waals surface area contributed by atoms with Crippen molar-refractivity contribution in [3.8, 4) is 11.4 Å². The molecule has 0 spiro atoms. The third-order valence-corrected chi connectivity index (χ3v) is 6.27. The van der Waals surface area contributed by atoms with Crippen molar-refractivity contribution >= 4 is 29.3 Å². The first-order chi connectivity index (χ1) is 17.0. The highest BCUT2D eigenvalue weighted by Crippen LogP contribution is 2.25. The predicted molar refractivity (Wildman–Crippen MR) is 138 cm³/mol. The summed E-state index contributed by atoms with van der Waals surface area (Å²) in [5, 5.41) is 6.49. The van der Waals surface area contributed by atoms with E-state index < -0.39 is 0 Å². The van der Waals surface area contributed by atoms with Crippen LogP contribution in [0.3, 0.4) is 0 Å². The van der Waals surface area contributed by atoms with Gasteiger partial charge in [0.25, 0.3) is 5.91 Å². The Bertz CT molecular complexity index is 1300. The number of anilines is 1. The quantitative estimate of drug-likeness (QED) is 0.330. The van der Waals surface area contributed by atoms with E-state index in [1.807, 2.05) is 66.2 Å². The van der Waals surface area contributed by atoms with E-state index in [0.717, 1.165) is 11.3 Å². The van der Waals surface area contributed by atoms with Crippen molar-refractivity contribution in [1.29, 1.82) is 0 Å². The van der Waals surface area contributed by atoms with Gasteiger partial charge in [-0.25, -0.2) is 4.98 Å². The lowest BCUT2D eigenvalue weighted by Crippen LogP contribution is -2.22. The Labute approximate surface area is 208 Å². The molecule has 35 heavy (non-hydrogen) atoms. The number of nitrogens with one attached hydrogen (secondary N) is 2. The monoisotopic (exact) mass is 486 g/mol. The van der Waals surface area contributed by atoms with E-state index in [1.165, 1.54) is 17.3 Å². The van der Waals surface area contributed by atoms with Crippen molar-refractivity contribution in [1.82, 2.24) is 14.9 Å². The molecule has 1 heterocycles. The van der Waals surface area contributed by atoms with Gasteiger partial charge in [-0.1, -0.05) is 53.7 Å². The number of hydrogen-bond acceptors (Lipinski definition) is 5. The second-order valence-electron chi connectivity index (χ2n) is 7.83. The number of carbonyl (C=O) groups is 2. The molecule has 0 aliphatic carbocycles. The van der Waals surface area contributed by atoms with Gasteiger partial charge in [-0.3, -0.25) is 14.2 Å². The zero-order valence-corrected chi connectivity index (χ0v) is 20.3. The van der Waals surface area contributed by atoms with E-state index in [2.05, 4.69) is 15.6 Å². The maximum Gasteiger partial charge on any atom is 0.251 e. The van der Waals surface area contributed by atoms with Crippen LogP contribution in [0.1, 0.15) is 21.5 Å². The Morgan fingerprint density at radius 3 is 2.49 bits per heavy atom. The van der Waals surface area contributed by atoms with E-state index in [0.29, 0.717) is 28.7 Å². The number of amides is 2. The Kier molecular flexibility index (Phi) is 7.84. The van der Waals surface area contributed by atoms with E-state index in [-0.39, 0.29) is 17.6 Å². The fourth-order valence-electron chi connectivity index (χ4n) is 3.42. The number of thioether (sulfide) groups is 1. The summed E-state index contributed by atoms with van der Waals surface area (Å²) in [5.41, 5.74) is 4.29. The van der Waals surface area contributed by atoms with Crippen LogP contribution in [0.25, 0.3) is 5.69 Å². The van der Waals surface area contributed by atoms with Crippen LogP contribution in [-0.2, 0) is 11.3 Å². The Morgan fingerprint density at radius 2 is 1.74 bits per heavy atom. The normalized spacial score (nSPS) is 10.6. The molecule has 1 aromatic heterocycles. The highest BCUT2D eigenvalue weighted by molar-refractivity contribution is 7.99. The summed E-state index contributed by atoms with van der Waals surface area (Å²) in [4.78, 5) is 29.4. The summed E-state index contributed by atoms with van der Waals surface area (Å²) in [6.45, 7) is 2.51. The summed E-state index contributed by atoms with van der Waals surface area (Å²) in [6.07, 6.45) is 3.51. The zero-order chi connectivity index (χ0) is 24.6. The van der Waals surface area contributed by atoms with Gasteiger partial charge >= 0.3 is 0 Å². The number of para-hydroxylation sites is 2. The third-order valence-electron chi connectivity index (χ3n) is 5.30. The SMILES string of the molecule is COc1ccccc1NC(=O)CSc1nccn1-c1ccc(C(=O)NCc2ccc(C)cc2)cc1. The number of aryl methyl sites for hydroxylation is 1. The Hall–Kier alpha value is -4.04. The molecule has 2 N–H and O–H groups in total. The maximum atomic E-state index is 12.5. The second kappa shape index (κ2) is 11.4. The molecule has 3 aromatic carbocycles. The molecule has 8 heteroatoms. The molecule has 0 radical (unpaired) electrons. The number of imidazole rings is 1. The van der Waals surface area contributed by atoms with Crippen LogP contribution in [0, 0.1) is 6.92 Å². The molecule has 0 atom stereocenters. The third kappa shape index (κ3) is 6.30. The average Bonchev–Trinajstić information content (AvgIpc) is 3.36. The van der Waals surface area contributed by atoms with Crippen LogP contribution in [0.15, 0.2) is 90.3 Å². The summed E-state index contributed by atoms with van der Waals surface area (Å²) >= 11 is 1.33. The largest absolute Gasteiger partial charge is 0.495 e. The number of rotatable bonds is 9. The van der Waals surface area contributed by atoms with Gasteiger partial charge < -0.3 is 15.4 Å². The fraction of sp³-hybridized carbons (Fsp3) is 0.148. The standard InChI is InChI=1S/C27H26N4O3S/c1-19-7-9-20(10-8-19)17-29-26(33)21-11-13-22(14-12-21)31-16-15-28-27(31)35-18-25(32)30-23-5-3-4-6-24(23)34-2/h3-16H,17-18H2,1-2H3,(H,29,33)(H,30,32). The van der Waals surface area contributed by atoms with Crippen molar-refractivity contribution < 1.29 is 14.3 Å². The van der Waals surface area contributed by atoms with Crippen LogP contribution in [0.4, 0.5) is 5.69 Å². The van der Waals surface area contributed by atoms with Gasteiger partial charge in [0.1, 0.15) is 5.75 Å². The topological polar surface area (TPSA) is 85.2 Å². The van der Waals surface area contributed by atoms with Crippen LogP contribution < -0.4 is 15.4 Å². The lowest BCUT2D eigenvalue weighted by Gasteiger charge is -2.11. The molecule has 4 rings (SSSR count). The lowest BCUT2D eigenvalue weighted by molar-refractivity contribution is -0.113. The molecule has 7 nitrogen and oxygen atoms in total. The highest BCUT2D eigenvalue weighted by atomic mass is 32.2. The second-order valence-corrected chi connectivity index (χ2v) is 8.77. The van der Waals surface area contributed by atoms with Gasteiger partial charge in [-0.2, -0.15) is 0 Å². The van der Waals surface area contributed by atoms with Crippen molar-refractivity contribution in [2.24, 2.45) is 0 Å². The number of carbonyl (C=O) groups excluding carboxylic acids is 2. The van der Waals surface area contributed by atoms with Gasteiger partial charge in [-0.15, -0.1) is 0 Å². The minimum atomic E-state index is -0.158. The average molecular weight is 487 g/mol. The summed E-state index contributed by atoms with van der Waals surface area (Å²) in [7, 11) is 1.56. The zero-order valence-electron chi connectivity index (χ0n) is 19.5. The Morgan fingerprint density at radius 1 is 1.00 bits per heavy atom. The predicted octanol–water partition coefficient (Wildman–Crippen LogP) is 4.85. The number of nitrogens with zero attached hydrogens (tertiary/aromatic N) is 2. The van der Waals surface area contributed by atoms with Crippen molar-refractivity contribution in [3.63, 3.8) is 0 Å². The van der Waals surface area contributed by atoms with Gasteiger partial charge in [0.15, 0.2) is 5.16 Å². The Balaban J connectivity index is 1.34. The minimum Gasteiger partial charge on any atom is -0.495 e. The van der Waals surface area contributed by atoms with Crippen molar-refractivity contribution in [2.45, 2.75) is 18.6 Å². The van der Waals surface area contributed by atoms with E-state index >= 15 is 0 Å². The smallest absolute Gasteiger partial charge is 0.251 e. The van der Waals surface area contributed by atoms with E-state index in [1.54, 1.807) is 37.6 Å². The molecular weight excluding hydrogens is 460 g/mol. The molecule has 0 bridgehead atoms. The first-order valence-electron chi connectivity index (χ1n) is 11.1. The van der Waals surface area contributed by atoms with Crippen molar-refractivity contribution in [3.05, 3.63) is 102 Å². The molecule has 0 fully saturated rings. The molecule has 0 aliphatic heterocycles. The van der Waals surface area contributed by atoms with Crippen LogP contribution in [0.5, 0.6) is 5.75 Å². The summed E-state index contributed by atoms with van der Waals surface area (Å²) in [6, 6.07) is 22.6. The molecule has 0 saturated carbocycles. The van der Waals surface area contributed by atoms with Crippen molar-refractivity contribution in [2.75, 3.05) is 18.2 Å². The van der Waals surface area contributed by atoms with Crippen LogP contribution in [-0.4, -0.2) is 34.2 Å². The number of aromatic nitrogens is 2. The number of hydrogen-bond donors (Lipinski definition) is 2. The lowest BCUT2D eigenvalue weighted by atomic mass is 10.1. The van der Waals surface area contributed by atoms with E-state index in [9.17, 15) is 9.59 Å². The molecular formula is C27H26N4O3S. The molecule has 2 amide bonds. The van der Waals surface area contributed by atoms with Gasteiger partial charge in [-0.05, 0) is 48.9 Å². The maximum absolute atomic E-state index is 12.5. The molecule has 0 unspecified atom stereocenters. The molecule has 0 saturated heterocycles. The first-order valence-corrected chi connectivity index (χ1v) is 12.1. The van der Waals surface area contributed by atoms with Gasteiger partial charge in [0, 0.05) is 30.2 Å². The van der Waals surface area contributed by atoms with Crippen LogP contribution >= 0.6 is 11.8 Å². The molecule has 4 aromatic rings. The number of benzene rings is 3. The van der Waals surface area contributed by atoms with E-state index in [4.69, 9.17) is 4.74 Å². The number of methoxy groups -OCH3 is 1. The number of ether oxygens (including phenoxy) is 1. The molecule has 0 aliphatic rings. The fourth-order valence-corrected chi connectivity index (χ4v) is 4.19. The summed E-state index contributed by atoms with van der Waals surface area (Å²) in [5.74, 6) is 0.504. The van der Waals surface area contributed by atoms with Gasteiger partial charge in [0.05, 0.1) is 18.6 Å². The minimum absolute atomic E-state index is 0.134. The summed E-state index contributed by atoms with van der Waals surface area (Å²) < 4.78 is 7.16. The highest BCUT2D eigenvalue weighted by Gasteiger charge is 2.12. The molecule has 178 valence electrons.